The monoisotopic (exact) mass is 330 g/mol. The van der Waals surface area contributed by atoms with Crippen LogP contribution in [-0.4, -0.2) is 33.9 Å². The summed E-state index contributed by atoms with van der Waals surface area (Å²) in [7, 11) is 1.78. The van der Waals surface area contributed by atoms with Crippen molar-refractivity contribution in [3.8, 4) is 11.5 Å². The lowest BCUT2D eigenvalue weighted by Gasteiger charge is -2.17. The zero-order chi connectivity index (χ0) is 16.0. The van der Waals surface area contributed by atoms with E-state index in [4.69, 9.17) is 9.47 Å². The Morgan fingerprint density at radius 3 is 2.74 bits per heavy atom. The van der Waals surface area contributed by atoms with Gasteiger partial charge in [-0.25, -0.2) is 4.98 Å². The molecule has 1 N–H and O–H groups in total. The van der Waals surface area contributed by atoms with Gasteiger partial charge in [0, 0.05) is 30.9 Å². The van der Waals surface area contributed by atoms with E-state index < -0.39 is 0 Å². The van der Waals surface area contributed by atoms with Crippen molar-refractivity contribution in [2.45, 2.75) is 6.92 Å². The summed E-state index contributed by atoms with van der Waals surface area (Å²) in [5.74, 6) is 1.14. The Balaban J connectivity index is 1.64. The third kappa shape index (κ3) is 2.50. The molecule has 0 radical (unpaired) electrons. The molecular formula is C15H14N4O3S. The molecule has 0 aliphatic carbocycles. The van der Waals surface area contributed by atoms with Crippen LogP contribution in [0.1, 0.15) is 16.1 Å². The highest BCUT2D eigenvalue weighted by atomic mass is 32.1. The first-order chi connectivity index (χ1) is 11.1. The number of carbonyl (C=O) groups is 1. The third-order valence-electron chi connectivity index (χ3n) is 3.50. The molecule has 1 aliphatic rings. The summed E-state index contributed by atoms with van der Waals surface area (Å²) in [6, 6.07) is 3.73. The molecule has 8 heteroatoms. The lowest BCUT2D eigenvalue weighted by atomic mass is 10.3. The van der Waals surface area contributed by atoms with Gasteiger partial charge < -0.3 is 9.47 Å². The van der Waals surface area contributed by atoms with Gasteiger partial charge in [-0.15, -0.1) is 0 Å². The SMILES string of the molecule is Cc1cn(C)nc1C(=O)Nc1nc2cc3c(cc2s1)OCCO3. The maximum atomic E-state index is 12.3. The molecule has 1 aliphatic heterocycles. The van der Waals surface area contributed by atoms with Crippen LogP contribution in [0.15, 0.2) is 18.3 Å². The van der Waals surface area contributed by atoms with E-state index in [0.29, 0.717) is 35.5 Å². The molecule has 0 bridgehead atoms. The quantitative estimate of drug-likeness (QED) is 0.780. The van der Waals surface area contributed by atoms with Crippen LogP contribution in [0.2, 0.25) is 0 Å². The predicted molar refractivity (Wildman–Crippen MR) is 86.5 cm³/mol. The van der Waals surface area contributed by atoms with Crippen LogP contribution in [0.25, 0.3) is 10.2 Å². The molecule has 3 heterocycles. The third-order valence-corrected chi connectivity index (χ3v) is 4.43. The number of anilines is 1. The average Bonchev–Trinajstić information content (AvgIpc) is 3.06. The van der Waals surface area contributed by atoms with E-state index in [1.807, 2.05) is 19.1 Å². The van der Waals surface area contributed by atoms with Gasteiger partial charge in [0.15, 0.2) is 22.3 Å². The van der Waals surface area contributed by atoms with Gasteiger partial charge in [0.25, 0.3) is 5.91 Å². The molecular weight excluding hydrogens is 316 g/mol. The number of nitrogens with one attached hydrogen (secondary N) is 1. The van der Waals surface area contributed by atoms with Gasteiger partial charge in [-0.3, -0.25) is 14.8 Å². The Hall–Kier alpha value is -2.61. The highest BCUT2D eigenvalue weighted by Gasteiger charge is 2.18. The number of benzene rings is 1. The van der Waals surface area contributed by atoms with Crippen molar-refractivity contribution in [2.24, 2.45) is 7.05 Å². The minimum Gasteiger partial charge on any atom is -0.486 e. The van der Waals surface area contributed by atoms with Crippen LogP contribution < -0.4 is 14.8 Å². The molecule has 2 aromatic heterocycles. The van der Waals surface area contributed by atoms with Crippen molar-refractivity contribution in [1.29, 1.82) is 0 Å². The van der Waals surface area contributed by atoms with Gasteiger partial charge in [0.1, 0.15) is 13.2 Å². The van der Waals surface area contributed by atoms with E-state index in [9.17, 15) is 4.79 Å². The van der Waals surface area contributed by atoms with Gasteiger partial charge >= 0.3 is 0 Å². The Morgan fingerprint density at radius 1 is 1.30 bits per heavy atom. The molecule has 3 aromatic rings. The number of thiazole rings is 1. The number of carbonyl (C=O) groups excluding carboxylic acids is 1. The van der Waals surface area contributed by atoms with E-state index in [0.717, 1.165) is 15.8 Å². The van der Waals surface area contributed by atoms with Gasteiger partial charge in [0.2, 0.25) is 0 Å². The average molecular weight is 330 g/mol. The van der Waals surface area contributed by atoms with Gasteiger partial charge in [-0.05, 0) is 6.92 Å². The summed E-state index contributed by atoms with van der Waals surface area (Å²) in [4.78, 5) is 16.8. The van der Waals surface area contributed by atoms with Crippen molar-refractivity contribution in [3.05, 3.63) is 29.6 Å². The maximum absolute atomic E-state index is 12.3. The van der Waals surface area contributed by atoms with E-state index in [1.165, 1.54) is 11.3 Å². The van der Waals surface area contributed by atoms with Crippen LogP contribution in [0.4, 0.5) is 5.13 Å². The topological polar surface area (TPSA) is 78.3 Å². The number of hydrogen-bond donors (Lipinski definition) is 1. The Bertz CT molecular complexity index is 872. The number of fused-ring (bicyclic) bond motifs is 2. The van der Waals surface area contributed by atoms with Crippen LogP contribution in [0.5, 0.6) is 11.5 Å². The second kappa shape index (κ2) is 5.24. The summed E-state index contributed by atoms with van der Waals surface area (Å²) < 4.78 is 13.7. The van der Waals surface area contributed by atoms with Crippen molar-refractivity contribution >= 4 is 32.6 Å². The van der Waals surface area contributed by atoms with Crippen LogP contribution in [-0.2, 0) is 7.05 Å². The second-order valence-corrected chi connectivity index (χ2v) is 6.30. The van der Waals surface area contributed by atoms with Gasteiger partial charge in [-0.2, -0.15) is 5.10 Å². The number of amides is 1. The Labute approximate surface area is 135 Å². The Kier molecular flexibility index (Phi) is 3.19. The normalized spacial score (nSPS) is 13.3. The number of rotatable bonds is 2. The summed E-state index contributed by atoms with van der Waals surface area (Å²) >= 11 is 1.39. The molecule has 7 nitrogen and oxygen atoms in total. The molecule has 0 fully saturated rings. The Morgan fingerprint density at radius 2 is 2.04 bits per heavy atom. The van der Waals surface area contributed by atoms with Crippen molar-refractivity contribution in [3.63, 3.8) is 0 Å². The maximum Gasteiger partial charge on any atom is 0.278 e. The molecule has 23 heavy (non-hydrogen) atoms. The highest BCUT2D eigenvalue weighted by Crippen LogP contribution is 2.37. The number of ether oxygens (including phenoxy) is 2. The largest absolute Gasteiger partial charge is 0.486 e. The molecule has 0 atom stereocenters. The first kappa shape index (κ1) is 14.0. The van der Waals surface area contributed by atoms with Crippen molar-refractivity contribution < 1.29 is 14.3 Å². The van der Waals surface area contributed by atoms with E-state index in [1.54, 1.807) is 17.9 Å². The van der Waals surface area contributed by atoms with E-state index >= 15 is 0 Å². The summed E-state index contributed by atoms with van der Waals surface area (Å²) in [6.45, 7) is 2.92. The molecule has 118 valence electrons. The molecule has 0 spiro atoms. The van der Waals surface area contributed by atoms with Crippen LogP contribution in [0, 0.1) is 6.92 Å². The minimum absolute atomic E-state index is 0.264. The molecule has 4 rings (SSSR count). The zero-order valence-electron chi connectivity index (χ0n) is 12.6. The highest BCUT2D eigenvalue weighted by molar-refractivity contribution is 7.22. The lowest BCUT2D eigenvalue weighted by molar-refractivity contribution is 0.102. The van der Waals surface area contributed by atoms with E-state index in [2.05, 4.69) is 15.4 Å². The van der Waals surface area contributed by atoms with Crippen LogP contribution in [0.3, 0.4) is 0 Å². The summed E-state index contributed by atoms with van der Waals surface area (Å²) in [5.41, 5.74) is 1.99. The fraction of sp³-hybridized carbons (Fsp3) is 0.267. The molecule has 0 saturated carbocycles. The fourth-order valence-electron chi connectivity index (χ4n) is 2.51. The smallest absolute Gasteiger partial charge is 0.278 e. The number of hydrogen-bond acceptors (Lipinski definition) is 6. The standard InChI is InChI=1S/C15H14N4O3S/c1-8-7-19(2)18-13(8)14(20)17-15-16-9-5-10-11(6-12(9)23-15)22-4-3-21-10/h5-7H,3-4H2,1-2H3,(H,16,17,20). The fourth-order valence-corrected chi connectivity index (χ4v) is 3.38. The minimum atomic E-state index is -0.264. The first-order valence-corrected chi connectivity index (χ1v) is 7.93. The van der Waals surface area contributed by atoms with E-state index in [-0.39, 0.29) is 5.91 Å². The second-order valence-electron chi connectivity index (χ2n) is 5.27. The summed E-state index contributed by atoms with van der Waals surface area (Å²) in [6.07, 6.45) is 1.80. The summed E-state index contributed by atoms with van der Waals surface area (Å²) in [5, 5.41) is 7.49. The first-order valence-electron chi connectivity index (χ1n) is 7.12. The molecule has 1 aromatic carbocycles. The van der Waals surface area contributed by atoms with Crippen molar-refractivity contribution in [2.75, 3.05) is 18.5 Å². The zero-order valence-corrected chi connectivity index (χ0v) is 13.4. The lowest BCUT2D eigenvalue weighted by Crippen LogP contribution is -2.15. The number of aryl methyl sites for hydroxylation is 2. The number of aromatic nitrogens is 3. The van der Waals surface area contributed by atoms with Crippen LogP contribution >= 0.6 is 11.3 Å². The molecule has 0 saturated heterocycles. The van der Waals surface area contributed by atoms with Gasteiger partial charge in [-0.1, -0.05) is 11.3 Å². The molecule has 1 amide bonds. The number of nitrogens with zero attached hydrogens (tertiary/aromatic N) is 3. The van der Waals surface area contributed by atoms with Crippen molar-refractivity contribution in [1.82, 2.24) is 14.8 Å². The molecule has 0 unspecified atom stereocenters. The van der Waals surface area contributed by atoms with Gasteiger partial charge in [0.05, 0.1) is 10.2 Å². The predicted octanol–water partition coefficient (Wildman–Crippen LogP) is 2.36.